The zero-order chi connectivity index (χ0) is 10.7. The Morgan fingerprint density at radius 3 is 2.93 bits per heavy atom. The van der Waals surface area contributed by atoms with Gasteiger partial charge in [0, 0.05) is 18.7 Å². The van der Waals surface area contributed by atoms with E-state index in [1.807, 2.05) is 6.07 Å². The van der Waals surface area contributed by atoms with E-state index in [4.69, 9.17) is 4.74 Å². The molecule has 4 nitrogen and oxygen atoms in total. The van der Waals surface area contributed by atoms with E-state index in [0.29, 0.717) is 0 Å². The van der Waals surface area contributed by atoms with Crippen LogP contribution in [0.25, 0.3) is 0 Å². The number of non-ortho nitro benzene ring substituents is 1. The Labute approximate surface area is 88.0 Å². The number of hydrogen-bond acceptors (Lipinski definition) is 3. The summed E-state index contributed by atoms with van der Waals surface area (Å²) in [5.41, 5.74) is 1.06. The maximum absolute atomic E-state index is 10.6. The highest BCUT2D eigenvalue weighted by atomic mass is 16.6. The van der Waals surface area contributed by atoms with Crippen LogP contribution in [0, 0.1) is 10.1 Å². The lowest BCUT2D eigenvalue weighted by atomic mass is 10.0. The summed E-state index contributed by atoms with van der Waals surface area (Å²) in [5.74, 6) is 0. The molecule has 4 heteroatoms. The zero-order valence-corrected chi connectivity index (χ0v) is 8.39. The summed E-state index contributed by atoms with van der Waals surface area (Å²) >= 11 is 0. The molecule has 0 saturated carbocycles. The van der Waals surface area contributed by atoms with Gasteiger partial charge in [0.2, 0.25) is 0 Å². The van der Waals surface area contributed by atoms with Crippen molar-refractivity contribution in [1.29, 1.82) is 0 Å². The largest absolute Gasteiger partial charge is 0.374 e. The fraction of sp³-hybridized carbons (Fsp3) is 0.455. The van der Waals surface area contributed by atoms with Gasteiger partial charge in [-0.15, -0.1) is 0 Å². The second-order valence-electron chi connectivity index (χ2n) is 3.71. The lowest BCUT2D eigenvalue weighted by molar-refractivity contribution is -0.385. The summed E-state index contributed by atoms with van der Waals surface area (Å²) in [6.07, 6.45) is 3.22. The van der Waals surface area contributed by atoms with Crippen molar-refractivity contribution in [2.45, 2.75) is 25.4 Å². The van der Waals surface area contributed by atoms with E-state index >= 15 is 0 Å². The number of benzene rings is 1. The Morgan fingerprint density at radius 1 is 1.40 bits per heavy atom. The average molecular weight is 207 g/mol. The van der Waals surface area contributed by atoms with Crippen molar-refractivity contribution in [2.24, 2.45) is 0 Å². The van der Waals surface area contributed by atoms with Crippen molar-refractivity contribution < 1.29 is 9.66 Å². The summed E-state index contributed by atoms with van der Waals surface area (Å²) in [6.45, 7) is 0.757. The highest BCUT2D eigenvalue weighted by molar-refractivity contribution is 5.35. The van der Waals surface area contributed by atoms with Crippen LogP contribution in [0.5, 0.6) is 0 Å². The van der Waals surface area contributed by atoms with Crippen LogP contribution >= 0.6 is 0 Å². The first-order valence-electron chi connectivity index (χ1n) is 5.13. The lowest BCUT2D eigenvalue weighted by Gasteiger charge is -2.22. The number of nitro groups is 1. The molecule has 15 heavy (non-hydrogen) atoms. The molecule has 1 fully saturated rings. The number of ether oxygens (including phenoxy) is 1. The number of nitrogens with zero attached hydrogens (tertiary/aromatic N) is 1. The number of rotatable bonds is 2. The molecule has 80 valence electrons. The van der Waals surface area contributed by atoms with Gasteiger partial charge in [0.15, 0.2) is 0 Å². The van der Waals surface area contributed by atoms with Gasteiger partial charge in [-0.3, -0.25) is 10.1 Å². The van der Waals surface area contributed by atoms with Crippen molar-refractivity contribution in [3.63, 3.8) is 0 Å². The highest BCUT2D eigenvalue weighted by Crippen LogP contribution is 2.29. The summed E-state index contributed by atoms with van der Waals surface area (Å²) in [4.78, 5) is 10.2. The standard InChI is InChI=1S/C11H13NO3/c13-12(14)10-5-3-4-9(8-10)11-6-1-2-7-15-11/h3-5,8,11H,1-2,6-7H2. The number of nitro benzene ring substituents is 1. The Balaban J connectivity index is 2.19. The second kappa shape index (κ2) is 4.40. The van der Waals surface area contributed by atoms with E-state index in [9.17, 15) is 10.1 Å². The van der Waals surface area contributed by atoms with E-state index in [1.165, 1.54) is 6.07 Å². The molecule has 1 saturated heterocycles. The molecule has 0 aliphatic carbocycles. The quantitative estimate of drug-likeness (QED) is 0.553. The van der Waals surface area contributed by atoms with Gasteiger partial charge in [0.1, 0.15) is 0 Å². The van der Waals surface area contributed by atoms with Gasteiger partial charge in [-0.05, 0) is 24.8 Å². The van der Waals surface area contributed by atoms with Crippen molar-refractivity contribution >= 4 is 5.69 Å². The fourth-order valence-corrected chi connectivity index (χ4v) is 1.84. The summed E-state index contributed by atoms with van der Waals surface area (Å²) in [7, 11) is 0. The average Bonchev–Trinajstić information content (AvgIpc) is 2.30. The molecule has 1 aliphatic heterocycles. The fourth-order valence-electron chi connectivity index (χ4n) is 1.84. The van der Waals surface area contributed by atoms with Crippen LogP contribution in [0.1, 0.15) is 30.9 Å². The summed E-state index contributed by atoms with van der Waals surface area (Å²) < 4.78 is 5.58. The Kier molecular flexibility index (Phi) is 2.97. The third-order valence-corrected chi connectivity index (χ3v) is 2.63. The van der Waals surface area contributed by atoms with E-state index in [1.54, 1.807) is 12.1 Å². The van der Waals surface area contributed by atoms with Crippen molar-refractivity contribution in [1.82, 2.24) is 0 Å². The molecule has 1 aromatic carbocycles. The predicted molar refractivity (Wildman–Crippen MR) is 55.6 cm³/mol. The monoisotopic (exact) mass is 207 g/mol. The molecule has 1 heterocycles. The summed E-state index contributed by atoms with van der Waals surface area (Å²) in [6, 6.07) is 6.72. The van der Waals surface area contributed by atoms with Crippen LogP contribution in [0.2, 0.25) is 0 Å². The van der Waals surface area contributed by atoms with Crippen LogP contribution in [0.4, 0.5) is 5.69 Å². The predicted octanol–water partition coefficient (Wildman–Crippen LogP) is 2.84. The lowest BCUT2D eigenvalue weighted by Crippen LogP contribution is -2.11. The molecule has 0 aromatic heterocycles. The van der Waals surface area contributed by atoms with Crippen LogP contribution in [-0.2, 0) is 4.74 Å². The highest BCUT2D eigenvalue weighted by Gasteiger charge is 2.17. The first-order chi connectivity index (χ1) is 7.27. The molecule has 0 amide bonds. The SMILES string of the molecule is O=[N+]([O-])c1cccc(C2CCCCO2)c1. The molecule has 0 radical (unpaired) electrons. The molecular formula is C11H13NO3. The molecular weight excluding hydrogens is 194 g/mol. The van der Waals surface area contributed by atoms with Crippen LogP contribution in [0.15, 0.2) is 24.3 Å². The third kappa shape index (κ3) is 2.33. The van der Waals surface area contributed by atoms with Gasteiger partial charge in [0.25, 0.3) is 5.69 Å². The van der Waals surface area contributed by atoms with E-state index in [0.717, 1.165) is 31.4 Å². The zero-order valence-electron chi connectivity index (χ0n) is 8.39. The Bertz CT molecular complexity index is 359. The minimum absolute atomic E-state index is 0.0404. The number of hydrogen-bond donors (Lipinski definition) is 0. The molecule has 0 bridgehead atoms. The molecule has 1 aliphatic rings. The van der Waals surface area contributed by atoms with Gasteiger partial charge in [-0.2, -0.15) is 0 Å². The first kappa shape index (κ1) is 10.1. The Hall–Kier alpha value is -1.42. The second-order valence-corrected chi connectivity index (χ2v) is 3.71. The van der Waals surface area contributed by atoms with E-state index in [-0.39, 0.29) is 16.7 Å². The molecule has 2 rings (SSSR count). The van der Waals surface area contributed by atoms with Gasteiger partial charge >= 0.3 is 0 Å². The van der Waals surface area contributed by atoms with Gasteiger partial charge < -0.3 is 4.74 Å². The minimum Gasteiger partial charge on any atom is -0.374 e. The maximum atomic E-state index is 10.6. The van der Waals surface area contributed by atoms with Crippen molar-refractivity contribution in [3.8, 4) is 0 Å². The van der Waals surface area contributed by atoms with Crippen molar-refractivity contribution in [2.75, 3.05) is 6.61 Å². The van der Waals surface area contributed by atoms with E-state index in [2.05, 4.69) is 0 Å². The molecule has 1 atom stereocenters. The minimum atomic E-state index is -0.369. The Morgan fingerprint density at radius 2 is 2.27 bits per heavy atom. The first-order valence-corrected chi connectivity index (χ1v) is 5.13. The molecule has 0 N–H and O–H groups in total. The smallest absolute Gasteiger partial charge is 0.269 e. The van der Waals surface area contributed by atoms with Crippen LogP contribution in [-0.4, -0.2) is 11.5 Å². The normalized spacial score (nSPS) is 21.2. The van der Waals surface area contributed by atoms with Gasteiger partial charge in [0.05, 0.1) is 11.0 Å². The topological polar surface area (TPSA) is 52.4 Å². The molecule has 1 unspecified atom stereocenters. The molecule has 1 aromatic rings. The third-order valence-electron chi connectivity index (χ3n) is 2.63. The summed E-state index contributed by atoms with van der Waals surface area (Å²) in [5, 5.41) is 10.6. The van der Waals surface area contributed by atoms with E-state index < -0.39 is 0 Å². The molecule has 0 spiro atoms. The van der Waals surface area contributed by atoms with Gasteiger partial charge in [-0.1, -0.05) is 12.1 Å². The van der Waals surface area contributed by atoms with Gasteiger partial charge in [-0.25, -0.2) is 0 Å². The van der Waals surface area contributed by atoms with Crippen LogP contribution < -0.4 is 0 Å². The van der Waals surface area contributed by atoms with Crippen LogP contribution in [0.3, 0.4) is 0 Å². The maximum Gasteiger partial charge on any atom is 0.269 e. The van der Waals surface area contributed by atoms with Crippen molar-refractivity contribution in [3.05, 3.63) is 39.9 Å².